The van der Waals surface area contributed by atoms with Gasteiger partial charge < -0.3 is 15.2 Å². The summed E-state index contributed by atoms with van der Waals surface area (Å²) >= 11 is 0. The summed E-state index contributed by atoms with van der Waals surface area (Å²) in [6.45, 7) is -0.208. The second kappa shape index (κ2) is 5.94. The first kappa shape index (κ1) is 13.6. The molecule has 0 spiro atoms. The van der Waals surface area contributed by atoms with Crippen LogP contribution in [0.2, 0.25) is 0 Å². The first-order valence-corrected chi connectivity index (χ1v) is 7.38. The summed E-state index contributed by atoms with van der Waals surface area (Å²) in [6.07, 6.45) is 4.16. The van der Waals surface area contributed by atoms with Gasteiger partial charge >= 0.3 is 5.97 Å². The largest absolute Gasteiger partial charge is 0.462 e. The first-order valence-electron chi connectivity index (χ1n) is 7.38. The number of nitrogens with one attached hydrogen (secondary N) is 1. The summed E-state index contributed by atoms with van der Waals surface area (Å²) in [5.74, 6) is -0.867. The fourth-order valence-corrected chi connectivity index (χ4v) is 3.35. The second-order valence-electron chi connectivity index (χ2n) is 5.81. The van der Waals surface area contributed by atoms with E-state index in [2.05, 4.69) is 5.32 Å². The lowest BCUT2D eigenvalue weighted by Gasteiger charge is -2.29. The van der Waals surface area contributed by atoms with Crippen molar-refractivity contribution in [2.24, 2.45) is 0 Å². The van der Waals surface area contributed by atoms with Crippen LogP contribution in [0.15, 0.2) is 30.3 Å². The molecular weight excluding hydrogens is 254 g/mol. The van der Waals surface area contributed by atoms with Gasteiger partial charge in [0.1, 0.15) is 12.0 Å². The topological polar surface area (TPSA) is 58.6 Å². The summed E-state index contributed by atoms with van der Waals surface area (Å²) in [6, 6.07) is 10.3. The molecule has 0 amide bonds. The van der Waals surface area contributed by atoms with Crippen molar-refractivity contribution in [3.63, 3.8) is 0 Å². The van der Waals surface area contributed by atoms with Crippen LogP contribution >= 0.6 is 0 Å². The summed E-state index contributed by atoms with van der Waals surface area (Å²) in [7, 11) is 0. The lowest BCUT2D eigenvalue weighted by Crippen LogP contribution is -2.42. The molecule has 3 atom stereocenters. The molecule has 0 saturated carbocycles. The van der Waals surface area contributed by atoms with Crippen molar-refractivity contribution >= 4 is 5.97 Å². The fourth-order valence-electron chi connectivity index (χ4n) is 3.35. The van der Waals surface area contributed by atoms with E-state index >= 15 is 0 Å². The molecule has 0 aliphatic carbocycles. The zero-order chi connectivity index (χ0) is 13.9. The minimum Gasteiger partial charge on any atom is -0.462 e. The van der Waals surface area contributed by atoms with Crippen molar-refractivity contribution < 1.29 is 14.6 Å². The van der Waals surface area contributed by atoms with Crippen molar-refractivity contribution in [2.45, 2.75) is 49.8 Å². The highest BCUT2D eigenvalue weighted by Crippen LogP contribution is 2.29. The molecule has 2 unspecified atom stereocenters. The average Bonchev–Trinajstić information content (AvgIpc) is 2.80. The highest BCUT2D eigenvalue weighted by molar-refractivity contribution is 5.78. The van der Waals surface area contributed by atoms with E-state index in [0.29, 0.717) is 12.1 Å². The molecule has 3 rings (SSSR count). The van der Waals surface area contributed by atoms with Crippen LogP contribution in [0.5, 0.6) is 0 Å². The zero-order valence-corrected chi connectivity index (χ0v) is 11.5. The highest BCUT2D eigenvalue weighted by atomic mass is 16.5. The Morgan fingerprint density at radius 2 is 1.90 bits per heavy atom. The van der Waals surface area contributed by atoms with Gasteiger partial charge in [-0.2, -0.15) is 0 Å². The smallest absolute Gasteiger partial charge is 0.316 e. The Kier molecular flexibility index (Phi) is 4.03. The van der Waals surface area contributed by atoms with Crippen molar-refractivity contribution in [3.8, 4) is 0 Å². The Morgan fingerprint density at radius 3 is 2.50 bits per heavy atom. The third kappa shape index (κ3) is 2.86. The quantitative estimate of drug-likeness (QED) is 0.819. The molecule has 2 fully saturated rings. The van der Waals surface area contributed by atoms with E-state index in [1.165, 1.54) is 12.8 Å². The number of aliphatic hydroxyl groups is 1. The fraction of sp³-hybridized carbons (Fsp3) is 0.562. The minimum atomic E-state index is -0.566. The molecule has 4 nitrogen and oxygen atoms in total. The predicted octanol–water partition coefficient (Wildman–Crippen LogP) is 1.59. The van der Waals surface area contributed by atoms with Gasteiger partial charge in [-0.15, -0.1) is 0 Å². The van der Waals surface area contributed by atoms with Gasteiger partial charge in [0.25, 0.3) is 0 Å². The number of ether oxygens (including phenoxy) is 1. The Hall–Kier alpha value is -1.39. The van der Waals surface area contributed by atoms with Crippen molar-refractivity contribution in [2.75, 3.05) is 6.61 Å². The van der Waals surface area contributed by atoms with Gasteiger partial charge in [0.2, 0.25) is 0 Å². The molecule has 0 radical (unpaired) electrons. The van der Waals surface area contributed by atoms with Gasteiger partial charge in [-0.05, 0) is 31.2 Å². The number of aliphatic hydroxyl groups excluding tert-OH is 1. The molecule has 2 aliphatic rings. The summed E-state index contributed by atoms with van der Waals surface area (Å²) in [5.41, 5.74) is 0.817. The van der Waals surface area contributed by atoms with Crippen LogP contribution < -0.4 is 5.32 Å². The van der Waals surface area contributed by atoms with Gasteiger partial charge in [-0.25, -0.2) is 0 Å². The molecule has 0 aromatic heterocycles. The Bertz CT molecular complexity index is 450. The zero-order valence-electron chi connectivity index (χ0n) is 11.5. The number of hydrogen-bond acceptors (Lipinski definition) is 4. The van der Waals surface area contributed by atoms with Gasteiger partial charge in [0.15, 0.2) is 0 Å². The monoisotopic (exact) mass is 275 g/mol. The third-order valence-corrected chi connectivity index (χ3v) is 4.38. The number of hydrogen-bond donors (Lipinski definition) is 2. The maximum absolute atomic E-state index is 12.3. The van der Waals surface area contributed by atoms with Crippen LogP contribution in [0.1, 0.15) is 37.2 Å². The summed E-state index contributed by atoms with van der Waals surface area (Å²) in [4.78, 5) is 12.3. The molecule has 2 saturated heterocycles. The van der Waals surface area contributed by atoms with E-state index in [9.17, 15) is 9.90 Å². The van der Waals surface area contributed by atoms with Gasteiger partial charge in [0.05, 0.1) is 6.61 Å². The number of esters is 1. The maximum Gasteiger partial charge on any atom is 0.316 e. The summed E-state index contributed by atoms with van der Waals surface area (Å²) in [5, 5.41) is 13.0. The van der Waals surface area contributed by atoms with E-state index in [-0.39, 0.29) is 18.7 Å². The SMILES string of the molecule is O=C(OC1CC2CCC(C1)N2)[C@@H](CO)c1ccccc1. The predicted molar refractivity (Wildman–Crippen MR) is 75.3 cm³/mol. The molecule has 1 aromatic carbocycles. The van der Waals surface area contributed by atoms with Crippen molar-refractivity contribution in [1.29, 1.82) is 0 Å². The molecule has 2 bridgehead atoms. The molecule has 20 heavy (non-hydrogen) atoms. The van der Waals surface area contributed by atoms with Crippen molar-refractivity contribution in [1.82, 2.24) is 5.32 Å². The van der Waals surface area contributed by atoms with Crippen LogP contribution in [-0.2, 0) is 9.53 Å². The average molecular weight is 275 g/mol. The molecule has 1 aromatic rings. The van der Waals surface area contributed by atoms with E-state index < -0.39 is 5.92 Å². The molecule has 2 N–H and O–H groups in total. The molecule has 4 heteroatoms. The Labute approximate surface area is 119 Å². The number of carbonyl (C=O) groups excluding carboxylic acids is 1. The number of piperidine rings is 1. The van der Waals surface area contributed by atoms with E-state index in [4.69, 9.17) is 4.74 Å². The molecule has 2 heterocycles. The highest BCUT2D eigenvalue weighted by Gasteiger charge is 2.36. The first-order chi connectivity index (χ1) is 9.76. The van der Waals surface area contributed by atoms with Crippen LogP contribution in [0.25, 0.3) is 0 Å². The third-order valence-electron chi connectivity index (χ3n) is 4.38. The minimum absolute atomic E-state index is 0.000915. The van der Waals surface area contributed by atoms with Crippen LogP contribution in [0.4, 0.5) is 0 Å². The number of carbonyl (C=O) groups is 1. The molecular formula is C16H21NO3. The lowest BCUT2D eigenvalue weighted by atomic mass is 9.99. The van der Waals surface area contributed by atoms with Gasteiger partial charge in [-0.1, -0.05) is 30.3 Å². The molecule has 108 valence electrons. The second-order valence-corrected chi connectivity index (χ2v) is 5.81. The van der Waals surface area contributed by atoms with Crippen LogP contribution in [0.3, 0.4) is 0 Å². The summed E-state index contributed by atoms with van der Waals surface area (Å²) < 4.78 is 5.64. The number of rotatable bonds is 4. The standard InChI is InChI=1S/C16H21NO3/c18-10-15(11-4-2-1-3-5-11)16(19)20-14-8-12-6-7-13(9-14)17-12/h1-5,12-15,17-18H,6-10H2/t12?,13?,14?,15-/m0/s1. The Morgan fingerprint density at radius 1 is 1.25 bits per heavy atom. The Balaban J connectivity index is 1.63. The van der Waals surface area contributed by atoms with E-state index in [1.807, 2.05) is 30.3 Å². The number of fused-ring (bicyclic) bond motifs is 2. The van der Waals surface area contributed by atoms with Gasteiger partial charge in [-0.3, -0.25) is 4.79 Å². The van der Waals surface area contributed by atoms with Crippen LogP contribution in [-0.4, -0.2) is 35.9 Å². The maximum atomic E-state index is 12.3. The van der Waals surface area contributed by atoms with Crippen molar-refractivity contribution in [3.05, 3.63) is 35.9 Å². The van der Waals surface area contributed by atoms with E-state index in [1.54, 1.807) is 0 Å². The molecule has 2 aliphatic heterocycles. The lowest BCUT2D eigenvalue weighted by molar-refractivity contribution is -0.153. The number of benzene rings is 1. The van der Waals surface area contributed by atoms with E-state index in [0.717, 1.165) is 18.4 Å². The van der Waals surface area contributed by atoms with Gasteiger partial charge in [0, 0.05) is 12.1 Å². The van der Waals surface area contributed by atoms with Crippen LogP contribution in [0, 0.1) is 0 Å². The normalized spacial score (nSPS) is 29.9.